The zero-order valence-corrected chi connectivity index (χ0v) is 15.8. The largest absolute Gasteiger partial charge is 0.455 e. The Kier molecular flexibility index (Phi) is 5.97. The number of nitrogens with zero attached hydrogens (tertiary/aromatic N) is 1. The van der Waals surface area contributed by atoms with E-state index in [0.717, 1.165) is 12.8 Å². The van der Waals surface area contributed by atoms with Gasteiger partial charge in [-0.3, -0.25) is 9.59 Å². The lowest BCUT2D eigenvalue weighted by Crippen LogP contribution is -2.37. The average molecular weight is 411 g/mol. The number of hydrogen-bond donors (Lipinski definition) is 1. The lowest BCUT2D eigenvalue weighted by atomic mass is 9.78. The smallest absolute Gasteiger partial charge is 0.317 e. The van der Waals surface area contributed by atoms with Gasteiger partial charge in [0.1, 0.15) is 5.82 Å². The molecule has 8 heteroatoms. The van der Waals surface area contributed by atoms with Crippen molar-refractivity contribution in [1.82, 2.24) is 4.98 Å². The SMILES string of the molecule is O=C(COC(=O)C1(c2ccccc2F)CCCC1)Nc1ncc(Cl)cc1Cl. The molecule has 2 aromatic rings. The summed E-state index contributed by atoms with van der Waals surface area (Å²) in [5.74, 6) is -1.53. The molecule has 0 unspecified atom stereocenters. The van der Waals surface area contributed by atoms with Gasteiger partial charge in [0.05, 0.1) is 15.5 Å². The Hall–Kier alpha value is -2.18. The first kappa shape index (κ1) is 19.6. The minimum absolute atomic E-state index is 0.117. The highest BCUT2D eigenvalue weighted by atomic mass is 35.5. The number of aromatic nitrogens is 1. The van der Waals surface area contributed by atoms with Crippen LogP contribution in [0.3, 0.4) is 0 Å². The third kappa shape index (κ3) is 4.22. The van der Waals surface area contributed by atoms with Gasteiger partial charge >= 0.3 is 5.97 Å². The molecule has 0 aliphatic heterocycles. The molecule has 27 heavy (non-hydrogen) atoms. The fourth-order valence-electron chi connectivity index (χ4n) is 3.36. The van der Waals surface area contributed by atoms with Gasteiger partial charge in [-0.05, 0) is 25.0 Å². The molecule has 0 atom stereocenters. The molecule has 0 spiro atoms. The summed E-state index contributed by atoms with van der Waals surface area (Å²) < 4.78 is 19.5. The third-order valence-corrected chi connectivity index (χ3v) is 5.13. The monoisotopic (exact) mass is 410 g/mol. The van der Waals surface area contributed by atoms with Gasteiger partial charge < -0.3 is 10.1 Å². The summed E-state index contributed by atoms with van der Waals surface area (Å²) in [6, 6.07) is 7.61. The molecule has 1 heterocycles. The van der Waals surface area contributed by atoms with Crippen LogP contribution < -0.4 is 5.32 Å². The Morgan fingerprint density at radius 1 is 1.22 bits per heavy atom. The number of benzene rings is 1. The van der Waals surface area contributed by atoms with Gasteiger partial charge in [-0.1, -0.05) is 54.2 Å². The number of carbonyl (C=O) groups is 2. The summed E-state index contributed by atoms with van der Waals surface area (Å²) >= 11 is 11.7. The van der Waals surface area contributed by atoms with Crippen LogP contribution in [0.1, 0.15) is 31.2 Å². The van der Waals surface area contributed by atoms with Gasteiger partial charge in [0.2, 0.25) is 0 Å². The molecule has 1 aliphatic rings. The molecule has 3 rings (SSSR count). The maximum absolute atomic E-state index is 14.3. The van der Waals surface area contributed by atoms with Crippen LogP contribution in [0, 0.1) is 5.82 Å². The van der Waals surface area contributed by atoms with E-state index in [1.54, 1.807) is 18.2 Å². The number of esters is 1. The van der Waals surface area contributed by atoms with Crippen LogP contribution in [0.4, 0.5) is 10.2 Å². The fraction of sp³-hybridized carbons (Fsp3) is 0.316. The van der Waals surface area contributed by atoms with Gasteiger partial charge in [-0.15, -0.1) is 0 Å². The van der Waals surface area contributed by atoms with Crippen LogP contribution >= 0.6 is 23.2 Å². The molecule has 1 saturated carbocycles. The number of ether oxygens (including phenoxy) is 1. The minimum Gasteiger partial charge on any atom is -0.455 e. The van der Waals surface area contributed by atoms with Gasteiger partial charge in [0.15, 0.2) is 12.4 Å². The Bertz CT molecular complexity index is 870. The van der Waals surface area contributed by atoms with Gasteiger partial charge in [0.25, 0.3) is 5.91 Å². The summed E-state index contributed by atoms with van der Waals surface area (Å²) in [6.07, 6.45) is 3.89. The second kappa shape index (κ2) is 8.23. The fourth-order valence-corrected chi connectivity index (χ4v) is 3.78. The molecule has 1 aliphatic carbocycles. The normalized spacial score (nSPS) is 15.4. The number of hydrogen-bond acceptors (Lipinski definition) is 4. The molecular formula is C19H17Cl2FN2O3. The average Bonchev–Trinajstić information content (AvgIpc) is 3.13. The number of anilines is 1. The van der Waals surface area contributed by atoms with Crippen LogP contribution in [0.15, 0.2) is 36.5 Å². The van der Waals surface area contributed by atoms with E-state index in [1.807, 2.05) is 0 Å². The van der Waals surface area contributed by atoms with Crippen molar-refractivity contribution < 1.29 is 18.7 Å². The first-order valence-corrected chi connectivity index (χ1v) is 9.21. The van der Waals surface area contributed by atoms with Crippen molar-refractivity contribution in [3.8, 4) is 0 Å². The van der Waals surface area contributed by atoms with Crippen molar-refractivity contribution in [2.75, 3.05) is 11.9 Å². The zero-order valence-electron chi connectivity index (χ0n) is 14.3. The summed E-state index contributed by atoms with van der Waals surface area (Å²) in [7, 11) is 0. The van der Waals surface area contributed by atoms with Crippen molar-refractivity contribution in [3.05, 3.63) is 58.0 Å². The number of halogens is 3. The summed E-state index contributed by atoms with van der Waals surface area (Å²) in [4.78, 5) is 28.8. The highest BCUT2D eigenvalue weighted by Gasteiger charge is 2.45. The second-order valence-corrected chi connectivity index (χ2v) is 7.22. The van der Waals surface area contributed by atoms with Crippen molar-refractivity contribution >= 4 is 40.9 Å². The topological polar surface area (TPSA) is 68.3 Å². The Balaban J connectivity index is 1.68. The minimum atomic E-state index is -1.05. The van der Waals surface area contributed by atoms with E-state index >= 15 is 0 Å². The molecule has 0 bridgehead atoms. The van der Waals surface area contributed by atoms with Crippen LogP contribution in [-0.2, 0) is 19.7 Å². The number of amides is 1. The molecule has 1 aromatic carbocycles. The molecule has 5 nitrogen and oxygen atoms in total. The summed E-state index contributed by atoms with van der Waals surface area (Å²) in [5, 5.41) is 2.95. The van der Waals surface area contributed by atoms with E-state index in [0.29, 0.717) is 23.4 Å². The van der Waals surface area contributed by atoms with Crippen molar-refractivity contribution in [2.24, 2.45) is 0 Å². The highest BCUT2D eigenvalue weighted by molar-refractivity contribution is 6.36. The zero-order chi connectivity index (χ0) is 19.4. The van der Waals surface area contributed by atoms with Crippen molar-refractivity contribution in [1.29, 1.82) is 0 Å². The van der Waals surface area contributed by atoms with E-state index in [4.69, 9.17) is 27.9 Å². The van der Waals surface area contributed by atoms with Crippen LogP contribution in [0.25, 0.3) is 0 Å². The van der Waals surface area contributed by atoms with Gasteiger partial charge in [-0.25, -0.2) is 9.37 Å². The number of rotatable bonds is 5. The Morgan fingerprint density at radius 2 is 1.93 bits per heavy atom. The number of nitrogens with one attached hydrogen (secondary N) is 1. The maximum Gasteiger partial charge on any atom is 0.317 e. The third-order valence-electron chi connectivity index (χ3n) is 4.64. The van der Waals surface area contributed by atoms with E-state index in [9.17, 15) is 14.0 Å². The molecule has 1 N–H and O–H groups in total. The lowest BCUT2D eigenvalue weighted by molar-refractivity contribution is -0.153. The first-order valence-electron chi connectivity index (χ1n) is 8.45. The number of pyridine rings is 1. The molecule has 1 amide bonds. The standard InChI is InChI=1S/C19H17Cl2FN2O3/c20-12-9-14(21)17(23-10-12)24-16(25)11-27-18(26)19(7-3-4-8-19)13-5-1-2-6-15(13)22/h1-2,5-6,9-10H,3-4,7-8,11H2,(H,23,24,25). The molecule has 1 aromatic heterocycles. The predicted octanol–water partition coefficient (Wildman–Crippen LogP) is 4.52. The van der Waals surface area contributed by atoms with E-state index in [-0.39, 0.29) is 10.8 Å². The molecule has 142 valence electrons. The molecular weight excluding hydrogens is 394 g/mol. The van der Waals surface area contributed by atoms with Crippen molar-refractivity contribution in [3.63, 3.8) is 0 Å². The van der Waals surface area contributed by atoms with Gasteiger partial charge in [0, 0.05) is 11.8 Å². The molecule has 0 saturated heterocycles. The van der Waals surface area contributed by atoms with E-state index in [2.05, 4.69) is 10.3 Å². The first-order chi connectivity index (χ1) is 12.9. The summed E-state index contributed by atoms with van der Waals surface area (Å²) in [6.45, 7) is -0.518. The molecule has 1 fully saturated rings. The summed E-state index contributed by atoms with van der Waals surface area (Å²) in [5.41, 5.74) is -0.739. The number of carbonyl (C=O) groups excluding carboxylic acids is 2. The quantitative estimate of drug-likeness (QED) is 0.735. The Morgan fingerprint density at radius 3 is 2.59 bits per heavy atom. The maximum atomic E-state index is 14.3. The molecule has 0 radical (unpaired) electrons. The predicted molar refractivity (Wildman–Crippen MR) is 100 cm³/mol. The lowest BCUT2D eigenvalue weighted by Gasteiger charge is -2.27. The van der Waals surface area contributed by atoms with Gasteiger partial charge in [-0.2, -0.15) is 0 Å². The van der Waals surface area contributed by atoms with E-state index < -0.39 is 29.7 Å². The van der Waals surface area contributed by atoms with Crippen molar-refractivity contribution in [2.45, 2.75) is 31.1 Å². The Labute approximate surface area is 165 Å². The second-order valence-electron chi connectivity index (χ2n) is 6.38. The van der Waals surface area contributed by atoms with E-state index in [1.165, 1.54) is 18.3 Å². The van der Waals surface area contributed by atoms with Crippen LogP contribution in [0.2, 0.25) is 10.0 Å². The van der Waals surface area contributed by atoms with Crippen LogP contribution in [-0.4, -0.2) is 23.5 Å². The van der Waals surface area contributed by atoms with Crippen LogP contribution in [0.5, 0.6) is 0 Å². The highest BCUT2D eigenvalue weighted by Crippen LogP contribution is 2.43.